The number of furan rings is 1. The molecule has 4 amide bonds. The molecule has 0 radical (unpaired) electrons. The zero-order chi connectivity index (χ0) is 19.0. The lowest BCUT2D eigenvalue weighted by Crippen LogP contribution is -2.55. The Balaban J connectivity index is 1.44. The van der Waals surface area contributed by atoms with E-state index in [2.05, 4.69) is 5.32 Å². The SMILES string of the molecule is O=C(c1ccco1)N1CCC2(CC1)NC(=O)N(Cc1ccc(F)cc1)C2=O. The number of piperidine rings is 1. The molecular weight excluding hydrogens is 353 g/mol. The zero-order valence-corrected chi connectivity index (χ0v) is 14.5. The van der Waals surface area contributed by atoms with Gasteiger partial charge in [-0.15, -0.1) is 0 Å². The van der Waals surface area contributed by atoms with Crippen LogP contribution in [0.15, 0.2) is 47.1 Å². The minimum Gasteiger partial charge on any atom is -0.459 e. The van der Waals surface area contributed by atoms with Gasteiger partial charge in [-0.3, -0.25) is 14.5 Å². The summed E-state index contributed by atoms with van der Waals surface area (Å²) in [7, 11) is 0. The fourth-order valence-electron chi connectivity index (χ4n) is 3.58. The van der Waals surface area contributed by atoms with Crippen molar-refractivity contribution in [1.82, 2.24) is 15.1 Å². The second-order valence-corrected chi connectivity index (χ2v) is 6.80. The van der Waals surface area contributed by atoms with Gasteiger partial charge in [-0.05, 0) is 42.7 Å². The number of benzene rings is 1. The molecule has 0 bridgehead atoms. The van der Waals surface area contributed by atoms with Gasteiger partial charge in [-0.2, -0.15) is 0 Å². The van der Waals surface area contributed by atoms with E-state index in [4.69, 9.17) is 4.42 Å². The number of imide groups is 1. The first-order chi connectivity index (χ1) is 13.0. The van der Waals surface area contributed by atoms with E-state index < -0.39 is 11.6 Å². The number of amides is 4. The first kappa shape index (κ1) is 17.3. The molecule has 4 rings (SSSR count). The lowest BCUT2D eigenvalue weighted by atomic mass is 9.87. The fourth-order valence-corrected chi connectivity index (χ4v) is 3.58. The van der Waals surface area contributed by atoms with E-state index >= 15 is 0 Å². The van der Waals surface area contributed by atoms with Gasteiger partial charge >= 0.3 is 6.03 Å². The Kier molecular flexibility index (Phi) is 4.18. The van der Waals surface area contributed by atoms with E-state index in [-0.39, 0.29) is 29.9 Å². The molecule has 2 aliphatic rings. The van der Waals surface area contributed by atoms with Crippen molar-refractivity contribution in [2.75, 3.05) is 13.1 Å². The second-order valence-electron chi connectivity index (χ2n) is 6.80. The minimum atomic E-state index is -0.989. The highest BCUT2D eigenvalue weighted by atomic mass is 19.1. The van der Waals surface area contributed by atoms with Gasteiger partial charge in [0.05, 0.1) is 12.8 Å². The van der Waals surface area contributed by atoms with E-state index in [1.165, 1.54) is 18.4 Å². The second kappa shape index (κ2) is 6.53. The summed E-state index contributed by atoms with van der Waals surface area (Å²) in [5, 5.41) is 2.80. The number of nitrogens with one attached hydrogen (secondary N) is 1. The monoisotopic (exact) mass is 371 g/mol. The van der Waals surface area contributed by atoms with E-state index in [1.54, 1.807) is 29.2 Å². The first-order valence-electron chi connectivity index (χ1n) is 8.70. The van der Waals surface area contributed by atoms with Crippen LogP contribution in [-0.2, 0) is 11.3 Å². The highest BCUT2D eigenvalue weighted by Crippen LogP contribution is 2.31. The lowest BCUT2D eigenvalue weighted by Gasteiger charge is -2.36. The quantitative estimate of drug-likeness (QED) is 0.838. The van der Waals surface area contributed by atoms with Crippen molar-refractivity contribution in [3.05, 3.63) is 59.8 Å². The fraction of sp³-hybridized carbons (Fsp3) is 0.316. The predicted molar refractivity (Wildman–Crippen MR) is 92.1 cm³/mol. The van der Waals surface area contributed by atoms with Crippen LogP contribution in [0.4, 0.5) is 9.18 Å². The molecule has 0 saturated carbocycles. The first-order valence-corrected chi connectivity index (χ1v) is 8.70. The van der Waals surface area contributed by atoms with Crippen molar-refractivity contribution in [3.63, 3.8) is 0 Å². The molecule has 1 aromatic carbocycles. The van der Waals surface area contributed by atoms with Crippen LogP contribution in [-0.4, -0.2) is 46.3 Å². The third kappa shape index (κ3) is 3.07. The van der Waals surface area contributed by atoms with Crippen molar-refractivity contribution in [1.29, 1.82) is 0 Å². The van der Waals surface area contributed by atoms with Gasteiger partial charge < -0.3 is 14.6 Å². The maximum Gasteiger partial charge on any atom is 0.325 e. The Morgan fingerprint density at radius 3 is 2.48 bits per heavy atom. The summed E-state index contributed by atoms with van der Waals surface area (Å²) in [4.78, 5) is 40.4. The Hall–Kier alpha value is -3.16. The predicted octanol–water partition coefficient (Wildman–Crippen LogP) is 2.15. The standard InChI is InChI=1S/C19H18FN3O4/c20-14-5-3-13(4-6-14)12-23-17(25)19(21-18(23)26)7-9-22(10-8-19)16(24)15-2-1-11-27-15/h1-6,11H,7-10,12H2,(H,21,26). The molecule has 140 valence electrons. The Bertz CT molecular complexity index is 871. The minimum absolute atomic E-state index is 0.0851. The Morgan fingerprint density at radius 2 is 1.85 bits per heavy atom. The highest BCUT2D eigenvalue weighted by molar-refractivity contribution is 6.07. The summed E-state index contributed by atoms with van der Waals surface area (Å²) in [6, 6.07) is 8.46. The number of nitrogens with zero attached hydrogens (tertiary/aromatic N) is 2. The molecule has 2 saturated heterocycles. The number of urea groups is 1. The number of carbonyl (C=O) groups excluding carboxylic acids is 3. The van der Waals surface area contributed by atoms with Crippen molar-refractivity contribution in [3.8, 4) is 0 Å². The largest absolute Gasteiger partial charge is 0.459 e. The van der Waals surface area contributed by atoms with Crippen LogP contribution < -0.4 is 5.32 Å². The summed E-state index contributed by atoms with van der Waals surface area (Å²) < 4.78 is 18.2. The average molecular weight is 371 g/mol. The Morgan fingerprint density at radius 1 is 1.15 bits per heavy atom. The van der Waals surface area contributed by atoms with Crippen molar-refractivity contribution in [2.24, 2.45) is 0 Å². The number of carbonyl (C=O) groups is 3. The zero-order valence-electron chi connectivity index (χ0n) is 14.5. The van der Waals surface area contributed by atoms with E-state index in [0.717, 1.165) is 4.90 Å². The molecule has 3 heterocycles. The summed E-state index contributed by atoms with van der Waals surface area (Å²) in [6.45, 7) is 0.771. The maximum absolute atomic E-state index is 13.0. The number of hydrogen-bond acceptors (Lipinski definition) is 4. The molecule has 7 nitrogen and oxygen atoms in total. The summed E-state index contributed by atoms with van der Waals surface area (Å²) in [6.07, 6.45) is 2.11. The average Bonchev–Trinajstić information content (AvgIpc) is 3.28. The smallest absolute Gasteiger partial charge is 0.325 e. The number of rotatable bonds is 3. The van der Waals surface area contributed by atoms with Gasteiger partial charge in [0.1, 0.15) is 11.4 Å². The van der Waals surface area contributed by atoms with Crippen molar-refractivity contribution < 1.29 is 23.2 Å². The lowest BCUT2D eigenvalue weighted by molar-refractivity contribution is -0.133. The van der Waals surface area contributed by atoms with E-state index in [9.17, 15) is 18.8 Å². The molecule has 0 unspecified atom stereocenters. The molecular formula is C19H18FN3O4. The molecule has 2 aliphatic heterocycles. The van der Waals surface area contributed by atoms with Gasteiger partial charge in [0.25, 0.3) is 11.8 Å². The number of likely N-dealkylation sites (tertiary alicyclic amines) is 1. The van der Waals surface area contributed by atoms with Crippen LogP contribution in [0.2, 0.25) is 0 Å². The van der Waals surface area contributed by atoms with Crippen LogP contribution in [0.1, 0.15) is 29.0 Å². The molecule has 1 spiro atoms. The topological polar surface area (TPSA) is 82.9 Å². The molecule has 8 heteroatoms. The van der Waals surface area contributed by atoms with Crippen LogP contribution in [0.5, 0.6) is 0 Å². The van der Waals surface area contributed by atoms with Gasteiger partial charge in [0.2, 0.25) is 0 Å². The molecule has 0 aliphatic carbocycles. The molecule has 1 N–H and O–H groups in total. The van der Waals surface area contributed by atoms with Crippen LogP contribution in [0.25, 0.3) is 0 Å². The highest BCUT2D eigenvalue weighted by Gasteiger charge is 2.52. The van der Waals surface area contributed by atoms with Gasteiger partial charge in [0.15, 0.2) is 5.76 Å². The molecule has 2 fully saturated rings. The van der Waals surface area contributed by atoms with E-state index in [1.807, 2.05) is 0 Å². The molecule has 0 atom stereocenters. The Labute approximate surface area is 154 Å². The molecule has 27 heavy (non-hydrogen) atoms. The van der Waals surface area contributed by atoms with Crippen LogP contribution in [0, 0.1) is 5.82 Å². The number of halogens is 1. The van der Waals surface area contributed by atoms with Crippen molar-refractivity contribution >= 4 is 17.8 Å². The molecule has 1 aromatic heterocycles. The van der Waals surface area contributed by atoms with Crippen LogP contribution >= 0.6 is 0 Å². The van der Waals surface area contributed by atoms with E-state index in [0.29, 0.717) is 31.5 Å². The van der Waals surface area contributed by atoms with Gasteiger partial charge in [0, 0.05) is 13.1 Å². The van der Waals surface area contributed by atoms with Gasteiger partial charge in [-0.25, -0.2) is 9.18 Å². The summed E-state index contributed by atoms with van der Waals surface area (Å²) in [5.41, 5.74) is -0.320. The van der Waals surface area contributed by atoms with Crippen molar-refractivity contribution in [2.45, 2.75) is 24.9 Å². The summed E-state index contributed by atoms with van der Waals surface area (Å²) >= 11 is 0. The normalized spacial score (nSPS) is 18.9. The van der Waals surface area contributed by atoms with Crippen LogP contribution in [0.3, 0.4) is 0 Å². The number of hydrogen-bond donors (Lipinski definition) is 1. The third-order valence-corrected chi connectivity index (χ3v) is 5.14. The maximum atomic E-state index is 13.0. The molecule has 2 aromatic rings. The summed E-state index contributed by atoms with van der Waals surface area (Å²) in [5.74, 6) is -0.650. The van der Waals surface area contributed by atoms with Gasteiger partial charge in [-0.1, -0.05) is 12.1 Å². The third-order valence-electron chi connectivity index (χ3n) is 5.14.